The largest absolute Gasteiger partial charge is 0.389 e. The second-order valence-corrected chi connectivity index (χ2v) is 10.6. The molecule has 0 bridgehead atoms. The highest BCUT2D eigenvalue weighted by atomic mass is 32.2. The monoisotopic (exact) mass is 478 g/mol. The third-order valence-electron chi connectivity index (χ3n) is 6.04. The summed E-state index contributed by atoms with van der Waals surface area (Å²) in [6, 6.07) is 13.4. The quantitative estimate of drug-likeness (QED) is 0.559. The van der Waals surface area contributed by atoms with Crippen molar-refractivity contribution in [3.63, 3.8) is 0 Å². The van der Waals surface area contributed by atoms with Crippen LogP contribution in [0.5, 0.6) is 0 Å². The summed E-state index contributed by atoms with van der Waals surface area (Å²) >= 11 is 0. The number of amides is 1. The number of nitrogens with zero attached hydrogens (tertiary/aromatic N) is 2. The molecule has 0 radical (unpaired) electrons. The minimum absolute atomic E-state index is 0.0294. The smallest absolute Gasteiger partial charge is 0.248 e. The highest BCUT2D eigenvalue weighted by Gasteiger charge is 2.34. The summed E-state index contributed by atoms with van der Waals surface area (Å²) in [5, 5.41) is 10.9. The molecule has 1 amide bonds. The number of hydrogen-bond acceptors (Lipinski definition) is 5. The third kappa shape index (κ3) is 6.60. The molecule has 0 unspecified atom stereocenters. The molecule has 0 aromatic heterocycles. The molecule has 1 aliphatic heterocycles. The molecule has 0 saturated carbocycles. The van der Waals surface area contributed by atoms with Crippen molar-refractivity contribution in [3.8, 4) is 0 Å². The van der Waals surface area contributed by atoms with E-state index in [-0.39, 0.29) is 30.6 Å². The standard InChI is InChI=1S/C24H31FN2O5S/c1-19-8-9-21(25)16-22(19)33(30,31)26(2)14-15-32-18-23(28)27-12-10-24(29,11-13-27)17-20-6-4-3-5-7-20/h3-9,16,29H,10-15,17-18H2,1-2H3. The number of carbonyl (C=O) groups excluding carboxylic acids is 1. The maximum Gasteiger partial charge on any atom is 0.248 e. The molecule has 3 rings (SSSR count). The van der Waals surface area contributed by atoms with Crippen molar-refractivity contribution in [2.45, 2.75) is 36.7 Å². The second-order valence-electron chi connectivity index (χ2n) is 8.56. The zero-order chi connectivity index (χ0) is 24.1. The van der Waals surface area contributed by atoms with Gasteiger partial charge in [-0.25, -0.2) is 12.8 Å². The predicted octanol–water partition coefficient (Wildman–Crippen LogP) is 2.37. The lowest BCUT2D eigenvalue weighted by Gasteiger charge is -2.38. The van der Waals surface area contributed by atoms with Crippen molar-refractivity contribution >= 4 is 15.9 Å². The average Bonchev–Trinajstić information content (AvgIpc) is 2.78. The van der Waals surface area contributed by atoms with Gasteiger partial charge in [-0.1, -0.05) is 36.4 Å². The SMILES string of the molecule is Cc1ccc(F)cc1S(=O)(=O)N(C)CCOCC(=O)N1CCC(O)(Cc2ccccc2)CC1. The topological polar surface area (TPSA) is 87.2 Å². The van der Waals surface area contributed by atoms with Gasteiger partial charge >= 0.3 is 0 Å². The third-order valence-corrected chi connectivity index (χ3v) is 8.04. The first-order valence-corrected chi connectivity index (χ1v) is 12.4. The van der Waals surface area contributed by atoms with E-state index in [9.17, 15) is 22.7 Å². The number of benzene rings is 2. The fraction of sp³-hybridized carbons (Fsp3) is 0.458. The number of hydrogen-bond donors (Lipinski definition) is 1. The van der Waals surface area contributed by atoms with E-state index in [2.05, 4.69) is 0 Å². The van der Waals surface area contributed by atoms with Crippen LogP contribution in [-0.4, -0.2) is 74.1 Å². The highest BCUT2D eigenvalue weighted by Crippen LogP contribution is 2.26. The minimum atomic E-state index is -3.86. The van der Waals surface area contributed by atoms with Gasteiger partial charge < -0.3 is 14.7 Å². The molecule has 0 aliphatic carbocycles. The molecule has 1 saturated heterocycles. The molecule has 0 atom stereocenters. The molecule has 180 valence electrons. The average molecular weight is 479 g/mol. The normalized spacial score (nSPS) is 16.2. The number of aliphatic hydroxyl groups is 1. The Bertz CT molecular complexity index is 1050. The molecule has 33 heavy (non-hydrogen) atoms. The molecule has 2 aromatic carbocycles. The number of ether oxygens (including phenoxy) is 1. The summed E-state index contributed by atoms with van der Waals surface area (Å²) in [6.07, 6.45) is 1.53. The van der Waals surface area contributed by atoms with Gasteiger partial charge in [-0.3, -0.25) is 4.79 Å². The van der Waals surface area contributed by atoms with Crippen LogP contribution in [0.1, 0.15) is 24.0 Å². The Morgan fingerprint density at radius 2 is 1.85 bits per heavy atom. The number of rotatable bonds is 9. The van der Waals surface area contributed by atoms with E-state index < -0.39 is 21.4 Å². The number of halogens is 1. The van der Waals surface area contributed by atoms with E-state index in [4.69, 9.17) is 4.74 Å². The van der Waals surface area contributed by atoms with Crippen LogP contribution in [0.2, 0.25) is 0 Å². The zero-order valence-electron chi connectivity index (χ0n) is 19.0. The van der Waals surface area contributed by atoms with Crippen LogP contribution < -0.4 is 0 Å². The summed E-state index contributed by atoms with van der Waals surface area (Å²) < 4.78 is 45.4. The van der Waals surface area contributed by atoms with Gasteiger partial charge in [0.1, 0.15) is 12.4 Å². The molecule has 9 heteroatoms. The first-order valence-electron chi connectivity index (χ1n) is 11.0. The first-order chi connectivity index (χ1) is 15.6. The lowest BCUT2D eigenvalue weighted by atomic mass is 9.85. The summed E-state index contributed by atoms with van der Waals surface area (Å²) in [6.45, 7) is 2.39. The Morgan fingerprint density at radius 1 is 1.18 bits per heavy atom. The molecule has 1 fully saturated rings. The predicted molar refractivity (Wildman–Crippen MR) is 123 cm³/mol. The van der Waals surface area contributed by atoms with Crippen LogP contribution in [0.25, 0.3) is 0 Å². The van der Waals surface area contributed by atoms with Gasteiger partial charge in [-0.05, 0) is 43.0 Å². The Labute approximate surface area is 194 Å². The minimum Gasteiger partial charge on any atom is -0.389 e. The van der Waals surface area contributed by atoms with E-state index in [0.717, 1.165) is 15.9 Å². The maximum absolute atomic E-state index is 13.5. The molecular weight excluding hydrogens is 447 g/mol. The van der Waals surface area contributed by atoms with E-state index >= 15 is 0 Å². The van der Waals surface area contributed by atoms with Crippen molar-refractivity contribution in [2.24, 2.45) is 0 Å². The second kappa shape index (κ2) is 10.7. The Balaban J connectivity index is 1.42. The summed E-state index contributed by atoms with van der Waals surface area (Å²) in [5.41, 5.74) is 0.692. The fourth-order valence-corrected chi connectivity index (χ4v) is 5.30. The van der Waals surface area contributed by atoms with Gasteiger partial charge in [0.25, 0.3) is 0 Å². The molecule has 1 aliphatic rings. The molecule has 7 nitrogen and oxygen atoms in total. The molecule has 1 N–H and O–H groups in total. The van der Waals surface area contributed by atoms with Crippen molar-refractivity contribution in [2.75, 3.05) is 39.9 Å². The molecular formula is C24H31FN2O5S. The number of aryl methyl sites for hydroxylation is 1. The Kier molecular flexibility index (Phi) is 8.23. The summed E-state index contributed by atoms with van der Waals surface area (Å²) in [7, 11) is -2.47. The van der Waals surface area contributed by atoms with Crippen molar-refractivity contribution < 1.29 is 27.4 Å². The van der Waals surface area contributed by atoms with Gasteiger partial charge in [0.05, 0.1) is 17.1 Å². The molecule has 1 heterocycles. The number of piperidine rings is 1. The number of carbonyl (C=O) groups is 1. The molecule has 0 spiro atoms. The van der Waals surface area contributed by atoms with Crippen molar-refractivity contribution in [3.05, 3.63) is 65.5 Å². The van der Waals surface area contributed by atoms with Crippen LogP contribution in [0.15, 0.2) is 53.4 Å². The van der Waals surface area contributed by atoms with Crippen molar-refractivity contribution in [1.82, 2.24) is 9.21 Å². The van der Waals surface area contributed by atoms with Crippen LogP contribution in [0, 0.1) is 12.7 Å². The van der Waals surface area contributed by atoms with Crippen LogP contribution >= 0.6 is 0 Å². The maximum atomic E-state index is 13.5. The lowest BCUT2D eigenvalue weighted by molar-refractivity contribution is -0.140. The van der Waals surface area contributed by atoms with Crippen LogP contribution in [0.4, 0.5) is 4.39 Å². The van der Waals surface area contributed by atoms with E-state index in [0.29, 0.717) is 37.9 Å². The van der Waals surface area contributed by atoms with E-state index in [1.54, 1.807) is 11.8 Å². The summed E-state index contributed by atoms with van der Waals surface area (Å²) in [4.78, 5) is 14.0. The van der Waals surface area contributed by atoms with E-state index in [1.807, 2.05) is 30.3 Å². The lowest BCUT2D eigenvalue weighted by Crippen LogP contribution is -2.48. The van der Waals surface area contributed by atoms with Gasteiger partial charge in [-0.15, -0.1) is 0 Å². The van der Waals surface area contributed by atoms with Gasteiger partial charge in [0.15, 0.2) is 0 Å². The van der Waals surface area contributed by atoms with Gasteiger partial charge in [0, 0.05) is 33.1 Å². The molecule has 2 aromatic rings. The van der Waals surface area contributed by atoms with Crippen molar-refractivity contribution in [1.29, 1.82) is 0 Å². The van der Waals surface area contributed by atoms with E-state index in [1.165, 1.54) is 19.2 Å². The fourth-order valence-electron chi connectivity index (χ4n) is 3.91. The Morgan fingerprint density at radius 3 is 2.52 bits per heavy atom. The summed E-state index contributed by atoms with van der Waals surface area (Å²) in [5.74, 6) is -0.810. The first kappa shape index (κ1) is 25.3. The highest BCUT2D eigenvalue weighted by molar-refractivity contribution is 7.89. The number of sulfonamides is 1. The zero-order valence-corrected chi connectivity index (χ0v) is 19.9. The van der Waals surface area contributed by atoms with Gasteiger partial charge in [0.2, 0.25) is 15.9 Å². The number of likely N-dealkylation sites (N-methyl/N-ethyl adjacent to an activating group) is 1. The van der Waals surface area contributed by atoms with Crippen LogP contribution in [-0.2, 0) is 26.0 Å². The van der Waals surface area contributed by atoms with Gasteiger partial charge in [-0.2, -0.15) is 4.31 Å². The van der Waals surface area contributed by atoms with Crippen LogP contribution in [0.3, 0.4) is 0 Å². The number of likely N-dealkylation sites (tertiary alicyclic amines) is 1. The Hall–Kier alpha value is -2.33.